The number of quaternary nitrogens is 1. The number of carbonyl (C=O) groups is 1. The molecule has 232 valence electrons. The van der Waals surface area contributed by atoms with Crippen molar-refractivity contribution in [3.63, 3.8) is 0 Å². The highest BCUT2D eigenvalue weighted by Gasteiger charge is 2.32. The van der Waals surface area contributed by atoms with E-state index >= 15 is 0 Å². The third-order valence-electron chi connectivity index (χ3n) is 6.96. The van der Waals surface area contributed by atoms with Crippen LogP contribution >= 0.6 is 11.3 Å². The first kappa shape index (κ1) is 31.4. The quantitative estimate of drug-likeness (QED) is 0.232. The third kappa shape index (κ3) is 6.45. The van der Waals surface area contributed by atoms with Gasteiger partial charge in [-0.3, -0.25) is 4.57 Å². The van der Waals surface area contributed by atoms with Gasteiger partial charge in [0.25, 0.3) is 0 Å². The van der Waals surface area contributed by atoms with Crippen LogP contribution in [0.3, 0.4) is 0 Å². The van der Waals surface area contributed by atoms with Gasteiger partial charge in [-0.1, -0.05) is 6.07 Å². The number of hydrogen-bond donors (Lipinski definition) is 1. The molecule has 5 aromatic rings. The number of thiazole rings is 1. The molecule has 10 nitrogen and oxygen atoms in total. The predicted octanol–water partition coefficient (Wildman–Crippen LogP) is 5.67. The summed E-state index contributed by atoms with van der Waals surface area (Å²) < 4.78 is 45.0. The van der Waals surface area contributed by atoms with Crippen molar-refractivity contribution in [3.05, 3.63) is 104 Å². The highest BCUT2D eigenvalue weighted by molar-refractivity contribution is 7.09. The van der Waals surface area contributed by atoms with Crippen LogP contribution in [0.2, 0.25) is 0 Å². The summed E-state index contributed by atoms with van der Waals surface area (Å²) in [6.07, 6.45) is -3.16. The fourth-order valence-electron chi connectivity index (χ4n) is 4.98. The molecule has 0 aliphatic heterocycles. The number of alkyl halides is 3. The first-order valence-electron chi connectivity index (χ1n) is 13.8. The zero-order valence-electron chi connectivity index (χ0n) is 25.1. The van der Waals surface area contributed by atoms with Crippen molar-refractivity contribution < 1.29 is 22.4 Å². The van der Waals surface area contributed by atoms with Crippen LogP contribution in [0.5, 0.6) is 0 Å². The van der Waals surface area contributed by atoms with Gasteiger partial charge in [0.2, 0.25) is 0 Å². The van der Waals surface area contributed by atoms with Gasteiger partial charge >= 0.3 is 17.9 Å². The standard InChI is InChI=1S/C31H29F3N8O2S/c1-19(28-38-23(18-45-28)17-42(3,4)5)37-29(43)40-27(26-13-14-36-41(26)24-11-9-21(16-35)10-12-24)20(2)39(30(40)44)25-8-6-7-22(15-25)31(32,33)34/h6-15,18-19H,17H2,1-5H3/p+1. The summed E-state index contributed by atoms with van der Waals surface area (Å²) in [6.45, 7) is 3.98. The molecule has 3 aromatic heterocycles. The van der Waals surface area contributed by atoms with E-state index in [1.807, 2.05) is 26.5 Å². The molecule has 0 bridgehead atoms. The number of nitrogens with zero attached hydrogens (tertiary/aromatic N) is 7. The lowest BCUT2D eigenvalue weighted by atomic mass is 10.2. The molecule has 3 heterocycles. The summed E-state index contributed by atoms with van der Waals surface area (Å²) in [4.78, 5) is 32.6. The summed E-state index contributed by atoms with van der Waals surface area (Å²) in [7, 11) is 6.12. The Morgan fingerprint density at radius 3 is 2.47 bits per heavy atom. The van der Waals surface area contributed by atoms with Gasteiger partial charge in [0.15, 0.2) is 0 Å². The molecule has 1 atom stereocenters. The second kappa shape index (κ2) is 11.8. The van der Waals surface area contributed by atoms with Crippen molar-refractivity contribution in [3.8, 4) is 28.8 Å². The molecule has 0 spiro atoms. The Hall–Kier alpha value is -5.00. The fourth-order valence-corrected chi connectivity index (χ4v) is 5.79. The van der Waals surface area contributed by atoms with E-state index in [0.29, 0.717) is 33.0 Å². The molecule has 1 unspecified atom stereocenters. The fraction of sp³-hybridized carbons (Fsp3) is 0.258. The molecule has 0 saturated carbocycles. The molecule has 45 heavy (non-hydrogen) atoms. The van der Waals surface area contributed by atoms with E-state index in [4.69, 9.17) is 0 Å². The molecule has 1 amide bonds. The topological polar surface area (TPSA) is 111 Å². The molecular weight excluding hydrogens is 605 g/mol. The molecule has 0 aliphatic rings. The van der Waals surface area contributed by atoms with E-state index in [1.54, 1.807) is 44.2 Å². The summed E-state index contributed by atoms with van der Waals surface area (Å²) >= 11 is 1.38. The summed E-state index contributed by atoms with van der Waals surface area (Å²) in [5, 5.41) is 19.0. The highest BCUT2D eigenvalue weighted by Crippen LogP contribution is 2.32. The van der Waals surface area contributed by atoms with E-state index in [0.717, 1.165) is 27.0 Å². The molecule has 0 fully saturated rings. The van der Waals surface area contributed by atoms with Crippen LogP contribution < -0.4 is 11.0 Å². The van der Waals surface area contributed by atoms with Crippen molar-refractivity contribution in [2.24, 2.45) is 0 Å². The van der Waals surface area contributed by atoms with E-state index in [9.17, 15) is 28.0 Å². The lowest BCUT2D eigenvalue weighted by Gasteiger charge is -2.22. The van der Waals surface area contributed by atoms with Gasteiger partial charge in [-0.05, 0) is 62.4 Å². The van der Waals surface area contributed by atoms with Gasteiger partial charge < -0.3 is 9.80 Å². The zero-order chi connectivity index (χ0) is 32.7. The SMILES string of the molecule is Cc1c(-c2ccnn2-c2ccc(C#N)cc2)n(C(=O)NC(C)c2nc(C[N+](C)(C)C)cs2)c(=O)n1-c1cccc(C(F)(F)F)c1. The Balaban J connectivity index is 1.63. The van der Waals surface area contributed by atoms with Crippen molar-refractivity contribution in [1.82, 2.24) is 29.2 Å². The minimum atomic E-state index is -4.64. The van der Waals surface area contributed by atoms with Crippen molar-refractivity contribution >= 4 is 17.4 Å². The van der Waals surface area contributed by atoms with E-state index in [2.05, 4.69) is 21.5 Å². The monoisotopic (exact) mass is 635 g/mol. The first-order valence-corrected chi connectivity index (χ1v) is 14.7. The third-order valence-corrected chi connectivity index (χ3v) is 8.04. The van der Waals surface area contributed by atoms with Crippen LogP contribution in [0.4, 0.5) is 18.0 Å². The number of rotatable bonds is 7. The molecule has 0 aliphatic carbocycles. The van der Waals surface area contributed by atoms with Crippen LogP contribution in [-0.2, 0) is 12.7 Å². The smallest absolute Gasteiger partial charge is 0.328 e. The number of aromatic nitrogens is 5. The average molecular weight is 636 g/mol. The second-order valence-electron chi connectivity index (χ2n) is 11.5. The van der Waals surface area contributed by atoms with E-state index in [-0.39, 0.29) is 17.1 Å². The van der Waals surface area contributed by atoms with Gasteiger partial charge in [0.05, 0.1) is 73.3 Å². The van der Waals surface area contributed by atoms with E-state index < -0.39 is 29.5 Å². The highest BCUT2D eigenvalue weighted by atomic mass is 32.1. The maximum Gasteiger partial charge on any atom is 0.416 e. The number of carbonyl (C=O) groups excluding carboxylic acids is 1. The van der Waals surface area contributed by atoms with Crippen molar-refractivity contribution in [2.75, 3.05) is 21.1 Å². The lowest BCUT2D eigenvalue weighted by molar-refractivity contribution is -0.884. The maximum atomic E-state index is 14.0. The van der Waals surface area contributed by atoms with Crippen LogP contribution in [0, 0.1) is 18.3 Å². The first-order chi connectivity index (χ1) is 21.2. The van der Waals surface area contributed by atoms with E-state index in [1.165, 1.54) is 34.3 Å². The van der Waals surface area contributed by atoms with Crippen molar-refractivity contribution in [1.29, 1.82) is 5.26 Å². The molecule has 14 heteroatoms. The molecular formula is C31H30F3N8O2S+. The largest absolute Gasteiger partial charge is 0.416 e. The number of nitrogens with one attached hydrogen (secondary N) is 1. The summed E-state index contributed by atoms with van der Waals surface area (Å²) in [5.74, 6) is 0. The summed E-state index contributed by atoms with van der Waals surface area (Å²) in [6, 6.07) is 13.2. The predicted molar refractivity (Wildman–Crippen MR) is 163 cm³/mol. The normalized spacial score (nSPS) is 12.6. The van der Waals surface area contributed by atoms with Gasteiger partial charge in [-0.15, -0.1) is 11.3 Å². The number of nitriles is 1. The molecule has 1 N–H and O–H groups in total. The maximum absolute atomic E-state index is 14.0. The van der Waals surface area contributed by atoms with Crippen LogP contribution in [-0.4, -0.2) is 55.6 Å². The van der Waals surface area contributed by atoms with Gasteiger partial charge in [-0.25, -0.2) is 23.8 Å². The number of benzene rings is 2. The number of halogens is 3. The molecule has 2 aromatic carbocycles. The van der Waals surface area contributed by atoms with Gasteiger partial charge in [0.1, 0.15) is 22.9 Å². The van der Waals surface area contributed by atoms with Gasteiger partial charge in [0, 0.05) is 5.38 Å². The molecule has 5 rings (SSSR count). The number of amides is 1. The Morgan fingerprint density at radius 1 is 1.11 bits per heavy atom. The van der Waals surface area contributed by atoms with Gasteiger partial charge in [-0.2, -0.15) is 23.5 Å². The Kier molecular flexibility index (Phi) is 8.26. The minimum absolute atomic E-state index is 0.0533. The Bertz CT molecular complexity index is 1970. The molecule has 0 saturated heterocycles. The van der Waals surface area contributed by atoms with Crippen LogP contribution in [0.1, 0.15) is 40.5 Å². The summed E-state index contributed by atoms with van der Waals surface area (Å²) in [5.41, 5.74) is 0.672. The Labute approximate surface area is 260 Å². The van der Waals surface area contributed by atoms with Crippen LogP contribution in [0.15, 0.2) is 71.0 Å². The zero-order valence-corrected chi connectivity index (χ0v) is 25.9. The average Bonchev–Trinajstić information content (AvgIpc) is 3.69. The number of imidazole rings is 1. The lowest BCUT2D eigenvalue weighted by Crippen LogP contribution is -2.38. The second-order valence-corrected chi connectivity index (χ2v) is 12.4. The Morgan fingerprint density at radius 2 is 1.82 bits per heavy atom. The molecule has 0 radical (unpaired) electrons. The number of hydrogen-bond acceptors (Lipinski definition) is 6. The van der Waals surface area contributed by atoms with Crippen molar-refractivity contribution in [2.45, 2.75) is 32.6 Å². The minimum Gasteiger partial charge on any atom is -0.328 e. The van der Waals surface area contributed by atoms with Crippen LogP contribution in [0.25, 0.3) is 22.8 Å².